The van der Waals surface area contributed by atoms with Gasteiger partial charge in [-0.1, -0.05) is 24.3 Å². The summed E-state index contributed by atoms with van der Waals surface area (Å²) in [5.74, 6) is 2.05. The van der Waals surface area contributed by atoms with Gasteiger partial charge >= 0.3 is 6.09 Å². The zero-order chi connectivity index (χ0) is 23.4. The molecule has 6 heteroatoms. The Balaban J connectivity index is 1.43. The molecular weight excluding hydrogens is 428 g/mol. The predicted octanol–water partition coefficient (Wildman–Crippen LogP) is 5.21. The van der Waals surface area contributed by atoms with Gasteiger partial charge in [-0.05, 0) is 91.8 Å². The molecule has 2 aromatic carbocycles. The number of fused-ring (bicyclic) bond motifs is 4. The van der Waals surface area contributed by atoms with Crippen LogP contribution in [0.1, 0.15) is 49.3 Å². The lowest BCUT2D eigenvalue weighted by Crippen LogP contribution is -2.60. The van der Waals surface area contributed by atoms with Crippen LogP contribution in [0.2, 0.25) is 0 Å². The highest BCUT2D eigenvalue weighted by molar-refractivity contribution is 5.78. The van der Waals surface area contributed by atoms with E-state index in [1.54, 1.807) is 14.2 Å². The molecule has 34 heavy (non-hydrogen) atoms. The summed E-state index contributed by atoms with van der Waals surface area (Å²) in [5, 5.41) is 10.5. The van der Waals surface area contributed by atoms with Gasteiger partial charge in [0.2, 0.25) is 0 Å². The molecule has 3 saturated heterocycles. The minimum atomic E-state index is -0.752. The fraction of sp³-hybridized carbons (Fsp3) is 0.536. The van der Waals surface area contributed by atoms with Crippen LogP contribution in [0.3, 0.4) is 0 Å². The quantitative estimate of drug-likeness (QED) is 0.661. The van der Waals surface area contributed by atoms with E-state index < -0.39 is 6.09 Å². The van der Waals surface area contributed by atoms with Crippen LogP contribution in [-0.4, -0.2) is 60.9 Å². The molecule has 0 radical (unpaired) electrons. The third-order valence-corrected chi connectivity index (χ3v) is 9.00. The summed E-state index contributed by atoms with van der Waals surface area (Å²) < 4.78 is 11.3. The Bertz CT molecular complexity index is 1080. The molecule has 3 heterocycles. The zero-order valence-corrected chi connectivity index (χ0v) is 20.1. The molecule has 7 rings (SSSR count). The standard InChI is InChI=1S/C28H34N2O4/c1-33-23-4-3-5-24(34-2)25(23)20-6-7-21-19(16-20)8-11-28(12-13-28)26(21)30(27(31)32)22-17-29-14-9-18(22)10-15-29/h3-7,16,18,22,26H,8-15,17H2,1-2H3,(H,31,32)/t22-,26?/m1/s1. The maximum Gasteiger partial charge on any atom is 0.408 e. The van der Waals surface area contributed by atoms with Crippen LogP contribution in [0, 0.1) is 11.3 Å². The number of rotatable bonds is 5. The number of carboxylic acid groups (broad SMARTS) is 1. The first-order valence-corrected chi connectivity index (χ1v) is 12.6. The molecule has 0 aromatic heterocycles. The van der Waals surface area contributed by atoms with Crippen molar-refractivity contribution >= 4 is 6.09 Å². The number of aryl methyl sites for hydroxylation is 1. The monoisotopic (exact) mass is 462 g/mol. The second-order valence-corrected chi connectivity index (χ2v) is 10.6. The van der Waals surface area contributed by atoms with E-state index in [9.17, 15) is 9.90 Å². The van der Waals surface area contributed by atoms with Gasteiger partial charge < -0.3 is 19.5 Å². The maximum atomic E-state index is 12.8. The smallest absolute Gasteiger partial charge is 0.408 e. The van der Waals surface area contributed by atoms with Crippen molar-refractivity contribution in [1.29, 1.82) is 0 Å². The van der Waals surface area contributed by atoms with E-state index in [2.05, 4.69) is 23.1 Å². The number of piperidine rings is 3. The van der Waals surface area contributed by atoms with E-state index in [1.165, 1.54) is 11.1 Å². The number of methoxy groups -OCH3 is 2. The van der Waals surface area contributed by atoms with Crippen LogP contribution in [-0.2, 0) is 6.42 Å². The van der Waals surface area contributed by atoms with Gasteiger partial charge in [0.25, 0.3) is 0 Å². The maximum absolute atomic E-state index is 12.8. The summed E-state index contributed by atoms with van der Waals surface area (Å²) in [4.78, 5) is 17.2. The molecule has 1 spiro atoms. The molecule has 2 aliphatic carbocycles. The van der Waals surface area contributed by atoms with Crippen LogP contribution in [0.4, 0.5) is 4.79 Å². The van der Waals surface area contributed by atoms with Crippen LogP contribution in [0.15, 0.2) is 36.4 Å². The molecule has 1 amide bonds. The van der Waals surface area contributed by atoms with Crippen LogP contribution in [0.25, 0.3) is 11.1 Å². The summed E-state index contributed by atoms with van der Waals surface area (Å²) in [6, 6.07) is 12.5. The molecule has 1 N–H and O–H groups in total. The van der Waals surface area contributed by atoms with Crippen molar-refractivity contribution in [2.45, 2.75) is 50.6 Å². The average molecular weight is 463 g/mol. The second-order valence-electron chi connectivity index (χ2n) is 10.6. The van der Waals surface area contributed by atoms with Crippen LogP contribution in [0.5, 0.6) is 11.5 Å². The molecule has 5 aliphatic rings. The molecule has 4 fully saturated rings. The normalized spacial score (nSPS) is 28.3. The van der Waals surface area contributed by atoms with Gasteiger partial charge in [0, 0.05) is 6.54 Å². The van der Waals surface area contributed by atoms with Crippen molar-refractivity contribution in [2.75, 3.05) is 33.9 Å². The van der Waals surface area contributed by atoms with E-state index in [-0.39, 0.29) is 17.5 Å². The molecule has 2 atom stereocenters. The first-order chi connectivity index (χ1) is 16.5. The van der Waals surface area contributed by atoms with Crippen molar-refractivity contribution in [1.82, 2.24) is 9.80 Å². The molecule has 180 valence electrons. The van der Waals surface area contributed by atoms with Crippen LogP contribution >= 0.6 is 0 Å². The minimum Gasteiger partial charge on any atom is -0.496 e. The van der Waals surface area contributed by atoms with Gasteiger partial charge in [0.1, 0.15) is 11.5 Å². The van der Waals surface area contributed by atoms with E-state index in [4.69, 9.17) is 9.47 Å². The van der Waals surface area contributed by atoms with Gasteiger partial charge in [0.15, 0.2) is 0 Å². The Labute approximate surface area is 201 Å². The van der Waals surface area contributed by atoms with Crippen molar-refractivity contribution in [2.24, 2.45) is 11.3 Å². The van der Waals surface area contributed by atoms with E-state index in [0.717, 1.165) is 80.8 Å². The number of carbonyl (C=O) groups is 1. The van der Waals surface area contributed by atoms with Gasteiger partial charge in [-0.25, -0.2) is 4.79 Å². The first kappa shape index (κ1) is 21.8. The number of benzene rings is 2. The van der Waals surface area contributed by atoms with Crippen LogP contribution < -0.4 is 9.47 Å². The Hall–Kier alpha value is -2.73. The van der Waals surface area contributed by atoms with Gasteiger partial charge in [-0.15, -0.1) is 0 Å². The summed E-state index contributed by atoms with van der Waals surface area (Å²) in [6.07, 6.45) is 5.79. The van der Waals surface area contributed by atoms with Crippen molar-refractivity contribution < 1.29 is 19.4 Å². The van der Waals surface area contributed by atoms with Gasteiger partial charge in [-0.3, -0.25) is 4.90 Å². The molecule has 1 unspecified atom stereocenters. The second kappa shape index (κ2) is 8.19. The first-order valence-electron chi connectivity index (χ1n) is 12.6. The average Bonchev–Trinajstić information content (AvgIpc) is 3.65. The third kappa shape index (κ3) is 3.37. The summed E-state index contributed by atoms with van der Waals surface area (Å²) in [7, 11) is 3.37. The lowest BCUT2D eigenvalue weighted by Gasteiger charge is -2.52. The van der Waals surface area contributed by atoms with Gasteiger partial charge in [0.05, 0.1) is 31.9 Å². The van der Waals surface area contributed by atoms with Crippen molar-refractivity contribution in [3.63, 3.8) is 0 Å². The molecular formula is C28H34N2O4. The Morgan fingerprint density at radius 2 is 1.76 bits per heavy atom. The Morgan fingerprint density at radius 1 is 1.06 bits per heavy atom. The number of nitrogens with zero attached hydrogens (tertiary/aromatic N) is 2. The Kier molecular flexibility index (Phi) is 5.25. The molecule has 6 nitrogen and oxygen atoms in total. The van der Waals surface area contributed by atoms with E-state index in [1.807, 2.05) is 23.1 Å². The van der Waals surface area contributed by atoms with E-state index >= 15 is 0 Å². The largest absolute Gasteiger partial charge is 0.496 e. The highest BCUT2D eigenvalue weighted by Gasteiger charge is 2.57. The zero-order valence-electron chi connectivity index (χ0n) is 20.1. The van der Waals surface area contributed by atoms with E-state index in [0.29, 0.717) is 5.92 Å². The fourth-order valence-electron chi connectivity index (χ4n) is 7.05. The Morgan fingerprint density at radius 3 is 2.32 bits per heavy atom. The summed E-state index contributed by atoms with van der Waals surface area (Å²) in [6.45, 7) is 3.12. The molecule has 3 aliphatic heterocycles. The van der Waals surface area contributed by atoms with Gasteiger partial charge in [-0.2, -0.15) is 0 Å². The number of hydrogen-bond acceptors (Lipinski definition) is 4. The SMILES string of the molecule is COc1cccc(OC)c1-c1ccc2c(c1)CCC1(CC1)C2N(C(=O)O)[C@@H]1CN2CCC1CC2. The fourth-order valence-corrected chi connectivity index (χ4v) is 7.05. The highest BCUT2D eigenvalue weighted by Crippen LogP contribution is 2.64. The predicted molar refractivity (Wildman–Crippen MR) is 131 cm³/mol. The van der Waals surface area contributed by atoms with Crippen molar-refractivity contribution in [3.05, 3.63) is 47.5 Å². The summed E-state index contributed by atoms with van der Waals surface area (Å²) in [5.41, 5.74) is 4.59. The summed E-state index contributed by atoms with van der Waals surface area (Å²) >= 11 is 0. The lowest BCUT2D eigenvalue weighted by molar-refractivity contribution is -0.0243. The molecule has 2 aromatic rings. The number of ether oxygens (including phenoxy) is 2. The highest BCUT2D eigenvalue weighted by atomic mass is 16.5. The molecule has 2 bridgehead atoms. The molecule has 1 saturated carbocycles. The number of amides is 1. The minimum absolute atomic E-state index is 0.0482. The third-order valence-electron chi connectivity index (χ3n) is 9.00. The lowest BCUT2D eigenvalue weighted by atomic mass is 9.73. The number of hydrogen-bond donors (Lipinski definition) is 1. The topological polar surface area (TPSA) is 62.2 Å². The van der Waals surface area contributed by atoms with Crippen molar-refractivity contribution in [3.8, 4) is 22.6 Å².